The molecule has 7 heteroatoms. The van der Waals surface area contributed by atoms with Crippen LogP contribution in [0.15, 0.2) is 4.99 Å². The van der Waals surface area contributed by atoms with E-state index in [1.807, 2.05) is 0 Å². The smallest absolute Gasteiger partial charge is 0.225 e. The standard InChI is InChI=1S/C22H38N4O2.HI/c1-3-23-21(25-18-14-19(28-4-2)22(18)11-7-12-22)24-17-10-13-26(15-17)20(27)16-8-5-6-9-16;/h16-19H,3-15H2,1-2H3,(H2,23,24,25);1H. The van der Waals surface area contributed by atoms with E-state index in [0.29, 0.717) is 29.5 Å². The lowest BCUT2D eigenvalue weighted by Gasteiger charge is -2.61. The van der Waals surface area contributed by atoms with Crippen LogP contribution in [-0.4, -0.2) is 61.2 Å². The second-order valence-corrected chi connectivity index (χ2v) is 9.18. The van der Waals surface area contributed by atoms with E-state index in [4.69, 9.17) is 9.73 Å². The average Bonchev–Trinajstić information content (AvgIpc) is 3.31. The van der Waals surface area contributed by atoms with Crippen LogP contribution in [0.4, 0.5) is 0 Å². The fraction of sp³-hybridized carbons (Fsp3) is 0.909. The van der Waals surface area contributed by atoms with Crippen LogP contribution in [0.1, 0.15) is 71.6 Å². The molecule has 1 amide bonds. The third kappa shape index (κ3) is 4.70. The number of hydrogen-bond donors (Lipinski definition) is 2. The maximum absolute atomic E-state index is 12.7. The molecular weight excluding hydrogens is 479 g/mol. The summed E-state index contributed by atoms with van der Waals surface area (Å²) in [4.78, 5) is 19.5. The summed E-state index contributed by atoms with van der Waals surface area (Å²) in [6, 6.07) is 0.775. The van der Waals surface area contributed by atoms with Crippen LogP contribution in [0.2, 0.25) is 0 Å². The molecule has 0 radical (unpaired) electrons. The second kappa shape index (κ2) is 10.2. The molecule has 2 N–H and O–H groups in total. The molecule has 1 heterocycles. The van der Waals surface area contributed by atoms with Gasteiger partial charge in [-0.1, -0.05) is 19.3 Å². The molecule has 6 nitrogen and oxygen atoms in total. The molecule has 3 aliphatic carbocycles. The Morgan fingerprint density at radius 2 is 1.90 bits per heavy atom. The van der Waals surface area contributed by atoms with Crippen molar-refractivity contribution < 1.29 is 9.53 Å². The first-order chi connectivity index (χ1) is 13.7. The molecule has 4 rings (SSSR count). The third-order valence-electron chi connectivity index (χ3n) is 7.61. The topological polar surface area (TPSA) is 66.0 Å². The minimum Gasteiger partial charge on any atom is -0.378 e. The van der Waals surface area contributed by atoms with Gasteiger partial charge in [0.05, 0.1) is 6.10 Å². The minimum atomic E-state index is 0. The molecule has 1 aliphatic heterocycles. The number of carbonyl (C=O) groups is 1. The fourth-order valence-electron chi connectivity index (χ4n) is 5.80. The molecule has 0 aromatic heterocycles. The maximum atomic E-state index is 12.7. The van der Waals surface area contributed by atoms with Crippen molar-refractivity contribution in [3.63, 3.8) is 0 Å². The van der Waals surface area contributed by atoms with Gasteiger partial charge < -0.3 is 20.3 Å². The van der Waals surface area contributed by atoms with Crippen LogP contribution in [0.25, 0.3) is 0 Å². The van der Waals surface area contributed by atoms with E-state index in [9.17, 15) is 4.79 Å². The first-order valence-electron chi connectivity index (χ1n) is 11.6. The molecule has 3 atom stereocenters. The molecule has 4 fully saturated rings. The van der Waals surface area contributed by atoms with Gasteiger partial charge in [-0.3, -0.25) is 9.79 Å². The Bertz CT molecular complexity index is 589. The van der Waals surface area contributed by atoms with E-state index < -0.39 is 0 Å². The molecule has 29 heavy (non-hydrogen) atoms. The second-order valence-electron chi connectivity index (χ2n) is 9.18. The highest BCUT2D eigenvalue weighted by atomic mass is 127. The number of nitrogens with one attached hydrogen (secondary N) is 2. The number of aliphatic imine (C=N–C) groups is 1. The van der Waals surface area contributed by atoms with Gasteiger partial charge in [-0.15, -0.1) is 24.0 Å². The van der Waals surface area contributed by atoms with E-state index in [1.54, 1.807) is 0 Å². The Morgan fingerprint density at radius 1 is 1.14 bits per heavy atom. The Labute approximate surface area is 193 Å². The van der Waals surface area contributed by atoms with Gasteiger partial charge in [-0.2, -0.15) is 0 Å². The molecular formula is C22H39IN4O2. The Balaban J connectivity index is 0.00000240. The number of guanidine groups is 1. The summed E-state index contributed by atoms with van der Waals surface area (Å²) in [5.41, 5.74) is 0.326. The Kier molecular flexibility index (Phi) is 8.09. The summed E-state index contributed by atoms with van der Waals surface area (Å²) < 4.78 is 5.99. The highest BCUT2D eigenvalue weighted by molar-refractivity contribution is 14.0. The molecule has 1 spiro atoms. The minimum absolute atomic E-state index is 0. The summed E-state index contributed by atoms with van der Waals surface area (Å²) in [7, 11) is 0. The van der Waals surface area contributed by atoms with Crippen LogP contribution in [0, 0.1) is 11.3 Å². The zero-order valence-electron chi connectivity index (χ0n) is 18.1. The maximum Gasteiger partial charge on any atom is 0.225 e. The van der Waals surface area contributed by atoms with Crippen molar-refractivity contribution in [3.8, 4) is 0 Å². The van der Waals surface area contributed by atoms with Crippen molar-refractivity contribution in [2.24, 2.45) is 16.3 Å². The van der Waals surface area contributed by atoms with Crippen LogP contribution in [0.3, 0.4) is 0 Å². The molecule has 1 saturated heterocycles. The third-order valence-corrected chi connectivity index (χ3v) is 7.61. The zero-order valence-corrected chi connectivity index (χ0v) is 20.5. The molecule has 3 unspecified atom stereocenters. The van der Waals surface area contributed by atoms with Crippen LogP contribution < -0.4 is 10.6 Å². The normalized spacial score (nSPS) is 31.2. The van der Waals surface area contributed by atoms with E-state index >= 15 is 0 Å². The van der Waals surface area contributed by atoms with Crippen LogP contribution in [-0.2, 0) is 9.53 Å². The summed E-state index contributed by atoms with van der Waals surface area (Å²) >= 11 is 0. The van der Waals surface area contributed by atoms with E-state index in [2.05, 4.69) is 29.4 Å². The van der Waals surface area contributed by atoms with Gasteiger partial charge in [0.15, 0.2) is 5.96 Å². The first kappa shape index (κ1) is 23.1. The van der Waals surface area contributed by atoms with Crippen molar-refractivity contribution in [3.05, 3.63) is 0 Å². The van der Waals surface area contributed by atoms with Gasteiger partial charge in [-0.25, -0.2) is 0 Å². The predicted molar refractivity (Wildman–Crippen MR) is 127 cm³/mol. The van der Waals surface area contributed by atoms with E-state index in [-0.39, 0.29) is 29.9 Å². The Hall–Kier alpha value is -0.570. The number of nitrogens with zero attached hydrogens (tertiary/aromatic N) is 2. The van der Waals surface area contributed by atoms with Crippen LogP contribution in [0.5, 0.6) is 0 Å². The van der Waals surface area contributed by atoms with Gasteiger partial charge in [0.2, 0.25) is 5.91 Å². The molecule has 4 aliphatic rings. The monoisotopic (exact) mass is 518 g/mol. The number of hydrogen-bond acceptors (Lipinski definition) is 3. The van der Waals surface area contributed by atoms with Gasteiger partial charge >= 0.3 is 0 Å². The predicted octanol–water partition coefficient (Wildman–Crippen LogP) is 3.30. The van der Waals surface area contributed by atoms with Crippen molar-refractivity contribution in [2.75, 3.05) is 26.2 Å². The summed E-state index contributed by atoms with van der Waals surface area (Å²) in [5.74, 6) is 1.59. The number of ether oxygens (including phenoxy) is 1. The molecule has 0 aromatic carbocycles. The summed E-state index contributed by atoms with van der Waals surface area (Å²) in [6.07, 6.45) is 11.0. The number of carbonyl (C=O) groups excluding carboxylic acids is 1. The summed E-state index contributed by atoms with van der Waals surface area (Å²) in [6.45, 7) is 7.44. The molecule has 0 bridgehead atoms. The van der Waals surface area contributed by atoms with Crippen molar-refractivity contribution in [2.45, 2.75) is 89.8 Å². The van der Waals surface area contributed by atoms with E-state index in [1.165, 1.54) is 32.1 Å². The van der Waals surface area contributed by atoms with E-state index in [0.717, 1.165) is 57.9 Å². The lowest BCUT2D eigenvalue weighted by atomic mass is 9.51. The Morgan fingerprint density at radius 3 is 2.52 bits per heavy atom. The number of amides is 1. The highest BCUT2D eigenvalue weighted by Crippen LogP contribution is 2.57. The number of likely N-dealkylation sites (tertiary alicyclic amines) is 1. The van der Waals surface area contributed by atoms with Crippen LogP contribution >= 0.6 is 24.0 Å². The largest absolute Gasteiger partial charge is 0.378 e. The molecule has 3 saturated carbocycles. The molecule has 166 valence electrons. The van der Waals surface area contributed by atoms with Crippen molar-refractivity contribution in [1.29, 1.82) is 0 Å². The lowest BCUT2D eigenvalue weighted by molar-refractivity contribution is -0.168. The van der Waals surface area contributed by atoms with Crippen molar-refractivity contribution >= 4 is 35.8 Å². The van der Waals surface area contributed by atoms with Gasteiger partial charge in [0.1, 0.15) is 0 Å². The quantitative estimate of drug-likeness (QED) is 0.322. The lowest BCUT2D eigenvalue weighted by Crippen LogP contribution is -2.69. The average molecular weight is 518 g/mol. The van der Waals surface area contributed by atoms with Gasteiger partial charge in [0.25, 0.3) is 0 Å². The van der Waals surface area contributed by atoms with Gasteiger partial charge in [0, 0.05) is 49.7 Å². The van der Waals surface area contributed by atoms with Gasteiger partial charge in [-0.05, 0) is 52.4 Å². The number of halogens is 1. The zero-order chi connectivity index (χ0) is 19.6. The highest BCUT2D eigenvalue weighted by Gasteiger charge is 2.59. The van der Waals surface area contributed by atoms with Crippen molar-refractivity contribution in [1.82, 2.24) is 15.5 Å². The fourth-order valence-corrected chi connectivity index (χ4v) is 5.80. The SMILES string of the molecule is CCN=C(NC1CCN(C(=O)C2CCCC2)C1)NC1CC(OCC)C12CCC2.I. The summed E-state index contributed by atoms with van der Waals surface area (Å²) in [5, 5.41) is 7.35. The number of rotatable bonds is 6. The first-order valence-corrected chi connectivity index (χ1v) is 11.6. The molecule has 0 aromatic rings.